The molecule has 0 atom stereocenters. The van der Waals surface area contributed by atoms with Gasteiger partial charge < -0.3 is 10.1 Å². The molecule has 0 amide bonds. The van der Waals surface area contributed by atoms with E-state index in [4.69, 9.17) is 4.74 Å². The highest BCUT2D eigenvalue weighted by Gasteiger charge is 2.03. The lowest BCUT2D eigenvalue weighted by Crippen LogP contribution is -2.17. The van der Waals surface area contributed by atoms with Gasteiger partial charge in [0.2, 0.25) is 0 Å². The van der Waals surface area contributed by atoms with Crippen LogP contribution in [0.25, 0.3) is 0 Å². The van der Waals surface area contributed by atoms with Gasteiger partial charge in [0.25, 0.3) is 0 Å². The molecular formula is C15H17FN2O. The largest absolute Gasteiger partial charge is 0.497 e. The number of aromatic nitrogens is 1. The van der Waals surface area contributed by atoms with Gasteiger partial charge >= 0.3 is 0 Å². The number of pyridine rings is 1. The number of rotatable bonds is 6. The number of ether oxygens (including phenoxy) is 1. The number of benzene rings is 1. The van der Waals surface area contributed by atoms with Crippen molar-refractivity contribution >= 4 is 0 Å². The van der Waals surface area contributed by atoms with Gasteiger partial charge in [0.05, 0.1) is 7.11 Å². The van der Waals surface area contributed by atoms with Crippen molar-refractivity contribution in [3.63, 3.8) is 0 Å². The van der Waals surface area contributed by atoms with Crippen LogP contribution < -0.4 is 10.1 Å². The van der Waals surface area contributed by atoms with Gasteiger partial charge in [0.1, 0.15) is 11.6 Å². The molecule has 1 N–H and O–H groups in total. The third kappa shape index (κ3) is 4.03. The quantitative estimate of drug-likeness (QED) is 0.811. The molecule has 3 nitrogen and oxygen atoms in total. The maximum atomic E-state index is 13.7. The van der Waals surface area contributed by atoms with E-state index < -0.39 is 0 Å². The predicted octanol–water partition coefficient (Wildman–Crippen LogP) is 2.56. The second kappa shape index (κ2) is 6.85. The van der Waals surface area contributed by atoms with E-state index in [1.165, 1.54) is 18.7 Å². The Labute approximate surface area is 112 Å². The van der Waals surface area contributed by atoms with Crippen LogP contribution in [0.1, 0.15) is 11.1 Å². The lowest BCUT2D eigenvalue weighted by molar-refractivity contribution is 0.410. The number of nitrogens with one attached hydrogen (secondary N) is 1. The lowest BCUT2D eigenvalue weighted by Gasteiger charge is -2.07. The number of methoxy groups -OCH3 is 1. The third-order valence-electron chi connectivity index (χ3n) is 2.92. The summed E-state index contributed by atoms with van der Waals surface area (Å²) < 4.78 is 18.6. The van der Waals surface area contributed by atoms with Gasteiger partial charge in [-0.1, -0.05) is 6.07 Å². The molecular weight excluding hydrogens is 243 g/mol. The van der Waals surface area contributed by atoms with Crippen LogP contribution in [0.15, 0.2) is 42.7 Å². The van der Waals surface area contributed by atoms with Crippen molar-refractivity contribution in [2.75, 3.05) is 13.7 Å². The first kappa shape index (κ1) is 13.5. The van der Waals surface area contributed by atoms with Crippen LogP contribution in [0.4, 0.5) is 4.39 Å². The van der Waals surface area contributed by atoms with E-state index in [1.807, 2.05) is 12.1 Å². The first-order valence-corrected chi connectivity index (χ1v) is 6.21. The normalized spacial score (nSPS) is 10.4. The van der Waals surface area contributed by atoms with Gasteiger partial charge in [0.15, 0.2) is 0 Å². The molecule has 4 heteroatoms. The summed E-state index contributed by atoms with van der Waals surface area (Å²) in [6.07, 6.45) is 4.46. The van der Waals surface area contributed by atoms with Gasteiger partial charge in [-0.25, -0.2) is 4.39 Å². The monoisotopic (exact) mass is 260 g/mol. The van der Waals surface area contributed by atoms with Gasteiger partial charge in [-0.15, -0.1) is 0 Å². The molecule has 2 aromatic rings. The highest BCUT2D eigenvalue weighted by Crippen LogP contribution is 2.15. The fourth-order valence-electron chi connectivity index (χ4n) is 1.80. The first-order valence-electron chi connectivity index (χ1n) is 6.21. The van der Waals surface area contributed by atoms with Crippen molar-refractivity contribution < 1.29 is 9.13 Å². The van der Waals surface area contributed by atoms with Crippen molar-refractivity contribution in [1.82, 2.24) is 10.3 Å². The molecule has 2 rings (SSSR count). The van der Waals surface area contributed by atoms with E-state index in [1.54, 1.807) is 24.5 Å². The molecule has 0 fully saturated rings. The number of halogens is 1. The van der Waals surface area contributed by atoms with Crippen LogP contribution in [0.5, 0.6) is 5.75 Å². The van der Waals surface area contributed by atoms with Crippen LogP contribution in [0, 0.1) is 5.82 Å². The van der Waals surface area contributed by atoms with Crippen LogP contribution in [0.3, 0.4) is 0 Å². The van der Waals surface area contributed by atoms with E-state index in [2.05, 4.69) is 10.3 Å². The highest BCUT2D eigenvalue weighted by molar-refractivity contribution is 5.28. The maximum Gasteiger partial charge on any atom is 0.131 e. The van der Waals surface area contributed by atoms with Crippen LogP contribution in [-0.2, 0) is 13.0 Å². The van der Waals surface area contributed by atoms with E-state index >= 15 is 0 Å². The summed E-state index contributed by atoms with van der Waals surface area (Å²) in [5.74, 6) is 0.300. The van der Waals surface area contributed by atoms with E-state index in [9.17, 15) is 4.39 Å². The van der Waals surface area contributed by atoms with Crippen molar-refractivity contribution in [3.05, 3.63) is 59.7 Å². The minimum Gasteiger partial charge on any atom is -0.497 e. The molecule has 1 heterocycles. The Balaban J connectivity index is 1.80. The summed E-state index contributed by atoms with van der Waals surface area (Å²) in [7, 11) is 1.53. The first-order chi connectivity index (χ1) is 9.29. The molecule has 0 unspecified atom stereocenters. The Hall–Kier alpha value is -1.94. The fraction of sp³-hybridized carbons (Fsp3) is 0.267. The summed E-state index contributed by atoms with van der Waals surface area (Å²) in [5.41, 5.74) is 1.87. The van der Waals surface area contributed by atoms with Gasteiger partial charge in [-0.05, 0) is 36.7 Å². The zero-order chi connectivity index (χ0) is 13.5. The molecule has 0 aliphatic carbocycles. The number of hydrogen-bond acceptors (Lipinski definition) is 3. The smallest absolute Gasteiger partial charge is 0.131 e. The van der Waals surface area contributed by atoms with Crippen molar-refractivity contribution in [1.29, 1.82) is 0 Å². The van der Waals surface area contributed by atoms with Gasteiger partial charge in [0, 0.05) is 30.6 Å². The van der Waals surface area contributed by atoms with Gasteiger partial charge in [-0.2, -0.15) is 0 Å². The second-order valence-corrected chi connectivity index (χ2v) is 4.24. The van der Waals surface area contributed by atoms with Crippen molar-refractivity contribution in [3.8, 4) is 5.75 Å². The summed E-state index contributed by atoms with van der Waals surface area (Å²) in [6.45, 7) is 1.32. The Kier molecular flexibility index (Phi) is 4.86. The minimum atomic E-state index is -0.240. The van der Waals surface area contributed by atoms with E-state index in [0.29, 0.717) is 17.9 Å². The molecule has 0 aliphatic heterocycles. The lowest BCUT2D eigenvalue weighted by atomic mass is 10.2. The maximum absolute atomic E-state index is 13.7. The minimum absolute atomic E-state index is 0.240. The molecule has 1 aromatic carbocycles. The van der Waals surface area contributed by atoms with E-state index in [0.717, 1.165) is 13.0 Å². The van der Waals surface area contributed by atoms with Crippen LogP contribution in [0.2, 0.25) is 0 Å². The summed E-state index contributed by atoms with van der Waals surface area (Å²) in [6, 6.07) is 8.88. The third-order valence-corrected chi connectivity index (χ3v) is 2.92. The summed E-state index contributed by atoms with van der Waals surface area (Å²) in [4.78, 5) is 3.97. The zero-order valence-corrected chi connectivity index (χ0v) is 10.9. The molecule has 19 heavy (non-hydrogen) atoms. The molecule has 0 radical (unpaired) electrons. The topological polar surface area (TPSA) is 34.1 Å². The van der Waals surface area contributed by atoms with Crippen LogP contribution in [-0.4, -0.2) is 18.6 Å². The Morgan fingerprint density at radius 3 is 2.68 bits per heavy atom. The van der Waals surface area contributed by atoms with Crippen molar-refractivity contribution in [2.45, 2.75) is 13.0 Å². The standard InChI is InChI=1S/C15H17FN2O/c1-19-14-3-2-13(15(16)10-14)11-18-9-6-12-4-7-17-8-5-12/h2-5,7-8,10,18H,6,9,11H2,1H3. The highest BCUT2D eigenvalue weighted by atomic mass is 19.1. The van der Waals surface area contributed by atoms with Crippen molar-refractivity contribution in [2.24, 2.45) is 0 Å². The molecule has 0 saturated carbocycles. The van der Waals surface area contributed by atoms with E-state index in [-0.39, 0.29) is 5.82 Å². The Morgan fingerprint density at radius 1 is 1.21 bits per heavy atom. The Morgan fingerprint density at radius 2 is 2.00 bits per heavy atom. The average Bonchev–Trinajstić information content (AvgIpc) is 2.46. The summed E-state index contributed by atoms with van der Waals surface area (Å²) >= 11 is 0. The second-order valence-electron chi connectivity index (χ2n) is 4.24. The predicted molar refractivity (Wildman–Crippen MR) is 72.6 cm³/mol. The van der Waals surface area contributed by atoms with Gasteiger partial charge in [-0.3, -0.25) is 4.98 Å². The molecule has 0 saturated heterocycles. The Bertz CT molecular complexity index is 517. The fourth-order valence-corrected chi connectivity index (χ4v) is 1.80. The molecule has 0 bridgehead atoms. The SMILES string of the molecule is COc1ccc(CNCCc2ccncc2)c(F)c1. The number of hydrogen-bond donors (Lipinski definition) is 1. The zero-order valence-electron chi connectivity index (χ0n) is 10.9. The average molecular weight is 260 g/mol. The molecule has 100 valence electrons. The molecule has 0 spiro atoms. The number of nitrogens with zero attached hydrogens (tertiary/aromatic N) is 1. The van der Waals surface area contributed by atoms with Crippen LogP contribution >= 0.6 is 0 Å². The molecule has 0 aliphatic rings. The molecule has 1 aromatic heterocycles. The summed E-state index contributed by atoms with van der Waals surface area (Å²) in [5, 5.41) is 3.23.